The average molecular weight is 418 g/mol. The molecule has 0 saturated heterocycles. The van der Waals surface area contributed by atoms with Crippen molar-refractivity contribution in [2.75, 3.05) is 14.1 Å². The largest absolute Gasteiger partial charge is 2.00 e. The molecule has 2 aromatic rings. The maximum absolute atomic E-state index is 5.04. The van der Waals surface area contributed by atoms with E-state index in [1.165, 1.54) is 0 Å². The molecule has 0 aliphatic heterocycles. The molecule has 1 aliphatic rings. The van der Waals surface area contributed by atoms with E-state index in [1.807, 2.05) is 24.3 Å². The molecule has 131 valence electrons. The van der Waals surface area contributed by atoms with Gasteiger partial charge in [0.05, 0.1) is 0 Å². The molecule has 0 saturated carbocycles. The minimum Gasteiger partial charge on any atom is -0.741 e. The van der Waals surface area contributed by atoms with Crippen LogP contribution < -0.4 is 10.9 Å². The number of hydrogen-bond donors (Lipinski definition) is 2. The number of nitrogens with zero attached hydrogens (tertiary/aromatic N) is 4. The van der Waals surface area contributed by atoms with Gasteiger partial charge in [0.15, 0.2) is 0 Å². The van der Waals surface area contributed by atoms with Crippen LogP contribution in [0.1, 0.15) is 11.1 Å². The fourth-order valence-corrected chi connectivity index (χ4v) is 2.62. The van der Waals surface area contributed by atoms with Crippen molar-refractivity contribution < 1.29 is 17.1 Å². The molecule has 25 heavy (non-hydrogen) atoms. The van der Waals surface area contributed by atoms with Gasteiger partial charge in [0, 0.05) is 30.6 Å². The first-order valence-corrected chi connectivity index (χ1v) is 7.95. The molecule has 0 heterocycles. The van der Waals surface area contributed by atoms with Gasteiger partial charge in [-0.15, -0.1) is 0 Å². The van der Waals surface area contributed by atoms with Crippen LogP contribution in [-0.4, -0.2) is 35.9 Å². The predicted octanol–water partition coefficient (Wildman–Crippen LogP) is 1.50. The molecule has 3 rings (SSSR count). The Morgan fingerprint density at radius 2 is 1.24 bits per heavy atom. The molecule has 1 radical (unpaired) electrons. The number of aliphatic imine (C=N–C) groups is 2. The van der Waals surface area contributed by atoms with Crippen LogP contribution in [0.3, 0.4) is 0 Å². The molecule has 0 fully saturated rings. The van der Waals surface area contributed by atoms with Gasteiger partial charge in [0.2, 0.25) is 0 Å². The van der Waals surface area contributed by atoms with E-state index in [0.717, 1.165) is 21.9 Å². The van der Waals surface area contributed by atoms with Gasteiger partial charge in [-0.25, -0.2) is 0 Å². The summed E-state index contributed by atoms with van der Waals surface area (Å²) >= 11 is 10.1. The van der Waals surface area contributed by atoms with Gasteiger partial charge in [-0.3, -0.25) is 20.8 Å². The summed E-state index contributed by atoms with van der Waals surface area (Å²) < 4.78 is 0. The Morgan fingerprint density at radius 1 is 0.800 bits per heavy atom. The van der Waals surface area contributed by atoms with E-state index in [1.54, 1.807) is 14.1 Å². The molecule has 0 amide bonds. The summed E-state index contributed by atoms with van der Waals surface area (Å²) in [6.07, 6.45) is 0. The summed E-state index contributed by atoms with van der Waals surface area (Å²) in [7, 11) is 3.22. The Labute approximate surface area is 167 Å². The zero-order valence-corrected chi connectivity index (χ0v) is 15.9. The second-order valence-electron chi connectivity index (χ2n) is 4.91. The summed E-state index contributed by atoms with van der Waals surface area (Å²) in [5, 5.41) is 11.6. The van der Waals surface area contributed by atoms with Crippen LogP contribution in [0.2, 0.25) is 0 Å². The molecule has 0 unspecified atom stereocenters. The minimum atomic E-state index is 0. The third-order valence-corrected chi connectivity index (χ3v) is 4.12. The topological polar surface area (TPSA) is 73.5 Å². The maximum atomic E-state index is 5.04. The van der Waals surface area contributed by atoms with Crippen molar-refractivity contribution in [3.05, 3.63) is 47.5 Å². The van der Waals surface area contributed by atoms with E-state index in [0.29, 0.717) is 21.8 Å². The van der Waals surface area contributed by atoms with E-state index in [4.69, 9.17) is 25.3 Å². The summed E-state index contributed by atoms with van der Waals surface area (Å²) in [5.41, 5.74) is 8.86. The van der Waals surface area contributed by atoms with Crippen LogP contribution in [0.4, 0.5) is 0 Å². The Bertz CT molecular complexity index is 849. The summed E-state index contributed by atoms with van der Waals surface area (Å²) in [6.45, 7) is 0. The fraction of sp³-hybridized carbons (Fsp3) is 0.125. The molecule has 9 heteroatoms. The molecule has 0 atom stereocenters. The molecule has 6 nitrogen and oxygen atoms in total. The molecular formula is C16H14CuN6S2. The number of rotatable bonds is 2. The number of nitrogens with one attached hydrogen (secondary N) is 2. The van der Waals surface area contributed by atoms with E-state index < -0.39 is 0 Å². The zero-order chi connectivity index (χ0) is 17.1. The van der Waals surface area contributed by atoms with Crippen LogP contribution in [0, 0.1) is 0 Å². The second-order valence-corrected chi connectivity index (χ2v) is 5.68. The first-order chi connectivity index (χ1) is 11.7. The molecular weight excluding hydrogens is 404 g/mol. The van der Waals surface area contributed by atoms with E-state index in [9.17, 15) is 0 Å². The van der Waals surface area contributed by atoms with Gasteiger partial charge in [0.1, 0.15) is 11.4 Å². The Balaban J connectivity index is 0.00000225. The first-order valence-electron chi connectivity index (χ1n) is 7.13. The average Bonchev–Trinajstić information content (AvgIpc) is 2.92. The normalized spacial score (nSPS) is 17.0. The Hall–Kier alpha value is -2.06. The standard InChI is InChI=1S/C16H16N6S2.Cu/c1-17-15(23)21-19-13-10-7-3-5-9-6-4-8-11(12(9)10)14(13)20-22-16(24)18-2;/h3-8H,1-2H3,(H2,17,21,23)(H2,18,22,24);/q;+2/p-2/b19-13-,20-14+;. The number of hydrazone groups is 2. The van der Waals surface area contributed by atoms with Crippen molar-refractivity contribution in [3.8, 4) is 0 Å². The van der Waals surface area contributed by atoms with Crippen LogP contribution in [-0.2, 0) is 42.3 Å². The van der Waals surface area contributed by atoms with Crippen molar-refractivity contribution in [2.24, 2.45) is 20.2 Å². The maximum Gasteiger partial charge on any atom is 2.00 e. The predicted molar refractivity (Wildman–Crippen MR) is 105 cm³/mol. The second kappa shape index (κ2) is 8.35. The molecule has 2 aromatic carbocycles. The van der Waals surface area contributed by atoms with Crippen molar-refractivity contribution >= 4 is 57.8 Å². The third-order valence-electron chi connectivity index (χ3n) is 3.57. The third kappa shape index (κ3) is 3.80. The van der Waals surface area contributed by atoms with Gasteiger partial charge in [-0.05, 0) is 15.7 Å². The smallest absolute Gasteiger partial charge is 0.741 e. The zero-order valence-electron chi connectivity index (χ0n) is 13.4. The fourth-order valence-electron chi connectivity index (χ4n) is 2.52. The molecule has 0 aromatic heterocycles. The van der Waals surface area contributed by atoms with E-state index in [2.05, 4.69) is 43.2 Å². The van der Waals surface area contributed by atoms with Crippen molar-refractivity contribution in [1.29, 1.82) is 0 Å². The molecule has 0 bridgehead atoms. The van der Waals surface area contributed by atoms with Gasteiger partial charge in [0.25, 0.3) is 0 Å². The van der Waals surface area contributed by atoms with Gasteiger partial charge < -0.3 is 25.3 Å². The van der Waals surface area contributed by atoms with Crippen molar-refractivity contribution in [3.63, 3.8) is 0 Å². The SMILES string of the molecule is CN=C([S-])N/N=C1\C(=N\NC([S-])=NC)c2cccc3cccc1c23.[Cu+2]. The van der Waals surface area contributed by atoms with Crippen LogP contribution in [0.15, 0.2) is 56.6 Å². The van der Waals surface area contributed by atoms with Crippen LogP contribution >= 0.6 is 0 Å². The van der Waals surface area contributed by atoms with Gasteiger partial charge in [-0.2, -0.15) is 10.2 Å². The van der Waals surface area contributed by atoms with Crippen molar-refractivity contribution in [1.82, 2.24) is 10.9 Å². The van der Waals surface area contributed by atoms with Crippen LogP contribution in [0.25, 0.3) is 10.8 Å². The summed E-state index contributed by atoms with van der Waals surface area (Å²) in [5.74, 6) is 0. The van der Waals surface area contributed by atoms with Crippen molar-refractivity contribution in [2.45, 2.75) is 0 Å². The Kier molecular flexibility index (Phi) is 6.44. The van der Waals surface area contributed by atoms with E-state index >= 15 is 0 Å². The molecule has 0 spiro atoms. The molecule has 1 aliphatic carbocycles. The van der Waals surface area contributed by atoms with Gasteiger partial charge >= 0.3 is 17.1 Å². The molecule has 2 N–H and O–H groups in total. The quantitative estimate of drug-likeness (QED) is 0.255. The monoisotopic (exact) mass is 417 g/mol. The summed E-state index contributed by atoms with van der Waals surface area (Å²) in [6, 6.07) is 12.1. The minimum absolute atomic E-state index is 0. The number of amidine groups is 2. The number of hydrogen-bond acceptors (Lipinski definition) is 6. The first kappa shape index (κ1) is 19.3. The van der Waals surface area contributed by atoms with Crippen LogP contribution in [0.5, 0.6) is 0 Å². The number of benzene rings is 2. The van der Waals surface area contributed by atoms with E-state index in [-0.39, 0.29) is 17.1 Å². The Morgan fingerprint density at radius 3 is 1.64 bits per heavy atom. The van der Waals surface area contributed by atoms with Gasteiger partial charge in [-0.1, -0.05) is 36.4 Å². The summed E-state index contributed by atoms with van der Waals surface area (Å²) in [4.78, 5) is 7.76.